The van der Waals surface area contributed by atoms with Crippen molar-refractivity contribution >= 4 is 27.5 Å². The summed E-state index contributed by atoms with van der Waals surface area (Å²) in [5.74, 6) is 0.130. The Morgan fingerprint density at radius 1 is 1.39 bits per heavy atom. The van der Waals surface area contributed by atoms with Crippen molar-refractivity contribution in [2.45, 2.75) is 26.7 Å². The highest BCUT2D eigenvalue weighted by Crippen LogP contribution is 2.31. The van der Waals surface area contributed by atoms with Gasteiger partial charge >= 0.3 is 0 Å². The maximum Gasteiger partial charge on any atom is 0.230 e. The summed E-state index contributed by atoms with van der Waals surface area (Å²) in [4.78, 5) is 12.4. The van der Waals surface area contributed by atoms with Crippen LogP contribution >= 0.6 is 15.9 Å². The number of anilines is 1. The summed E-state index contributed by atoms with van der Waals surface area (Å²) in [5.41, 5.74) is 1.72. The van der Waals surface area contributed by atoms with Crippen molar-refractivity contribution in [3.8, 4) is 0 Å². The van der Waals surface area contributed by atoms with E-state index in [2.05, 4.69) is 33.5 Å². The van der Waals surface area contributed by atoms with Crippen molar-refractivity contribution in [2.24, 2.45) is 5.41 Å². The number of hydrogen-bond acceptors (Lipinski definition) is 2. The number of piperidine rings is 1. The molecule has 0 saturated carbocycles. The third-order valence-corrected chi connectivity index (χ3v) is 4.63. The van der Waals surface area contributed by atoms with Crippen LogP contribution < -0.4 is 10.6 Å². The molecule has 1 saturated heterocycles. The zero-order valence-electron chi connectivity index (χ0n) is 10.8. The van der Waals surface area contributed by atoms with E-state index in [1.165, 1.54) is 0 Å². The highest BCUT2D eigenvalue weighted by molar-refractivity contribution is 9.10. The highest BCUT2D eigenvalue weighted by atomic mass is 79.9. The van der Waals surface area contributed by atoms with Crippen molar-refractivity contribution in [3.05, 3.63) is 28.2 Å². The first-order chi connectivity index (χ1) is 8.53. The number of benzene rings is 1. The standard InChI is InChI=1S/C14H19BrN2O/c1-10-11(15)4-3-5-12(10)17-13(18)14(2)6-8-16-9-7-14/h3-5,16H,6-9H2,1-2H3,(H,17,18). The molecule has 3 nitrogen and oxygen atoms in total. The number of rotatable bonds is 2. The van der Waals surface area contributed by atoms with Crippen LogP contribution in [0, 0.1) is 12.3 Å². The van der Waals surface area contributed by atoms with Crippen LogP contribution in [0.5, 0.6) is 0 Å². The second-order valence-electron chi connectivity index (χ2n) is 5.18. The second-order valence-corrected chi connectivity index (χ2v) is 6.03. The molecule has 0 unspecified atom stereocenters. The molecular formula is C14H19BrN2O. The van der Waals surface area contributed by atoms with Gasteiger partial charge in [-0.25, -0.2) is 0 Å². The summed E-state index contributed by atoms with van der Waals surface area (Å²) in [7, 11) is 0. The maximum atomic E-state index is 12.4. The van der Waals surface area contributed by atoms with Gasteiger partial charge in [-0.15, -0.1) is 0 Å². The number of carbonyl (C=O) groups is 1. The Kier molecular flexibility index (Phi) is 4.07. The lowest BCUT2D eigenvalue weighted by Crippen LogP contribution is -2.42. The topological polar surface area (TPSA) is 41.1 Å². The Bertz CT molecular complexity index is 453. The predicted octanol–water partition coefficient (Wildman–Crippen LogP) is 3.09. The van der Waals surface area contributed by atoms with Gasteiger partial charge in [0.15, 0.2) is 0 Å². The van der Waals surface area contributed by atoms with Gasteiger partial charge in [-0.3, -0.25) is 4.79 Å². The smallest absolute Gasteiger partial charge is 0.230 e. The number of hydrogen-bond donors (Lipinski definition) is 2. The van der Waals surface area contributed by atoms with E-state index in [0.29, 0.717) is 0 Å². The monoisotopic (exact) mass is 310 g/mol. The summed E-state index contributed by atoms with van der Waals surface area (Å²) >= 11 is 3.48. The molecule has 0 aromatic heterocycles. The maximum absolute atomic E-state index is 12.4. The van der Waals surface area contributed by atoms with Gasteiger partial charge in [0.2, 0.25) is 5.91 Å². The number of halogens is 1. The minimum Gasteiger partial charge on any atom is -0.325 e. The van der Waals surface area contributed by atoms with E-state index in [9.17, 15) is 4.79 Å². The van der Waals surface area contributed by atoms with Crippen LogP contribution in [0.2, 0.25) is 0 Å². The minimum absolute atomic E-state index is 0.130. The van der Waals surface area contributed by atoms with Gasteiger partial charge in [0.05, 0.1) is 0 Å². The molecule has 18 heavy (non-hydrogen) atoms. The average Bonchev–Trinajstić information content (AvgIpc) is 2.36. The Labute approximate surface area is 116 Å². The van der Waals surface area contributed by atoms with Gasteiger partial charge in [0, 0.05) is 15.6 Å². The average molecular weight is 311 g/mol. The zero-order valence-corrected chi connectivity index (χ0v) is 12.4. The lowest BCUT2D eigenvalue weighted by atomic mass is 9.80. The first-order valence-corrected chi connectivity index (χ1v) is 7.09. The van der Waals surface area contributed by atoms with Crippen LogP contribution in [0.15, 0.2) is 22.7 Å². The first-order valence-electron chi connectivity index (χ1n) is 6.30. The Balaban J connectivity index is 2.13. The van der Waals surface area contributed by atoms with Crippen LogP contribution in [0.1, 0.15) is 25.3 Å². The number of nitrogens with one attached hydrogen (secondary N) is 2. The normalized spacial score (nSPS) is 18.4. The Morgan fingerprint density at radius 2 is 2.06 bits per heavy atom. The van der Waals surface area contributed by atoms with Crippen LogP contribution in [0.4, 0.5) is 5.69 Å². The van der Waals surface area contributed by atoms with E-state index < -0.39 is 0 Å². The molecule has 2 N–H and O–H groups in total. The molecular weight excluding hydrogens is 292 g/mol. The summed E-state index contributed by atoms with van der Waals surface area (Å²) in [5, 5.41) is 6.36. The van der Waals surface area contributed by atoms with E-state index in [4.69, 9.17) is 0 Å². The Hall–Kier alpha value is -0.870. The molecule has 98 valence electrons. The van der Waals surface area contributed by atoms with E-state index in [1.807, 2.05) is 25.1 Å². The van der Waals surface area contributed by atoms with E-state index in [1.54, 1.807) is 0 Å². The third-order valence-electron chi connectivity index (χ3n) is 3.77. The van der Waals surface area contributed by atoms with Crippen molar-refractivity contribution in [3.63, 3.8) is 0 Å². The van der Waals surface area contributed by atoms with Gasteiger partial charge in [-0.05, 0) is 50.6 Å². The molecule has 2 rings (SSSR count). The molecule has 1 aromatic carbocycles. The van der Waals surface area contributed by atoms with E-state index in [0.717, 1.165) is 41.7 Å². The third kappa shape index (κ3) is 2.75. The second kappa shape index (κ2) is 5.41. The van der Waals surface area contributed by atoms with Crippen LogP contribution in [-0.2, 0) is 4.79 Å². The van der Waals surface area contributed by atoms with Gasteiger partial charge in [0.1, 0.15) is 0 Å². The van der Waals surface area contributed by atoms with Crippen molar-refractivity contribution in [1.82, 2.24) is 5.32 Å². The molecule has 0 spiro atoms. The van der Waals surface area contributed by atoms with Gasteiger partial charge in [-0.2, -0.15) is 0 Å². The summed E-state index contributed by atoms with van der Waals surface area (Å²) in [6.07, 6.45) is 1.79. The zero-order chi connectivity index (χ0) is 13.2. The van der Waals surface area contributed by atoms with Gasteiger partial charge in [-0.1, -0.05) is 28.9 Å². The molecule has 1 aliphatic rings. The summed E-state index contributed by atoms with van der Waals surface area (Å²) in [6.45, 7) is 5.89. The molecule has 0 bridgehead atoms. The number of amides is 1. The summed E-state index contributed by atoms with van der Waals surface area (Å²) in [6, 6.07) is 5.87. The van der Waals surface area contributed by atoms with E-state index >= 15 is 0 Å². The highest BCUT2D eigenvalue weighted by Gasteiger charge is 2.34. The molecule has 0 atom stereocenters. The molecule has 4 heteroatoms. The lowest BCUT2D eigenvalue weighted by Gasteiger charge is -2.32. The first kappa shape index (κ1) is 13.6. The molecule has 1 amide bonds. The molecule has 0 aliphatic carbocycles. The Morgan fingerprint density at radius 3 is 2.72 bits per heavy atom. The van der Waals surface area contributed by atoms with Crippen molar-refractivity contribution in [2.75, 3.05) is 18.4 Å². The lowest BCUT2D eigenvalue weighted by molar-refractivity contribution is -0.126. The SMILES string of the molecule is Cc1c(Br)cccc1NC(=O)C1(C)CCNCC1. The van der Waals surface area contributed by atoms with Crippen LogP contribution in [0.25, 0.3) is 0 Å². The summed E-state index contributed by atoms with van der Waals surface area (Å²) < 4.78 is 1.02. The number of carbonyl (C=O) groups excluding carboxylic acids is 1. The predicted molar refractivity (Wildman–Crippen MR) is 77.7 cm³/mol. The van der Waals surface area contributed by atoms with Crippen molar-refractivity contribution in [1.29, 1.82) is 0 Å². The van der Waals surface area contributed by atoms with Gasteiger partial charge < -0.3 is 10.6 Å². The minimum atomic E-state index is -0.250. The quantitative estimate of drug-likeness (QED) is 0.881. The fourth-order valence-electron chi connectivity index (χ4n) is 2.22. The fraction of sp³-hybridized carbons (Fsp3) is 0.500. The van der Waals surface area contributed by atoms with E-state index in [-0.39, 0.29) is 11.3 Å². The van der Waals surface area contributed by atoms with Crippen molar-refractivity contribution < 1.29 is 4.79 Å². The molecule has 1 heterocycles. The van der Waals surface area contributed by atoms with Crippen LogP contribution in [-0.4, -0.2) is 19.0 Å². The van der Waals surface area contributed by atoms with Gasteiger partial charge in [0.25, 0.3) is 0 Å². The molecule has 1 fully saturated rings. The largest absolute Gasteiger partial charge is 0.325 e. The molecule has 0 radical (unpaired) electrons. The molecule has 1 aromatic rings. The van der Waals surface area contributed by atoms with Crippen LogP contribution in [0.3, 0.4) is 0 Å². The fourth-order valence-corrected chi connectivity index (χ4v) is 2.59. The molecule has 1 aliphatic heterocycles.